The number of methoxy groups -OCH3 is 1. The molecule has 1 aromatic rings. The first-order valence-electron chi connectivity index (χ1n) is 6.70. The first-order valence-corrected chi connectivity index (χ1v) is 7.07. The molecule has 1 unspecified atom stereocenters. The fourth-order valence-electron chi connectivity index (χ4n) is 1.96. The van der Waals surface area contributed by atoms with Crippen LogP contribution in [-0.2, 0) is 11.3 Å². The summed E-state index contributed by atoms with van der Waals surface area (Å²) in [6.07, 6.45) is 0. The lowest BCUT2D eigenvalue weighted by Gasteiger charge is -2.28. The molecule has 1 atom stereocenters. The summed E-state index contributed by atoms with van der Waals surface area (Å²) in [5.74, 6) is 0. The van der Waals surface area contributed by atoms with E-state index in [4.69, 9.17) is 16.3 Å². The Morgan fingerprint density at radius 3 is 2.68 bits per heavy atom. The van der Waals surface area contributed by atoms with E-state index in [2.05, 4.69) is 37.2 Å². The van der Waals surface area contributed by atoms with Gasteiger partial charge in [-0.15, -0.1) is 0 Å². The Kier molecular flexibility index (Phi) is 7.39. The molecule has 0 aliphatic rings. The van der Waals surface area contributed by atoms with Gasteiger partial charge in [-0.05, 0) is 24.7 Å². The van der Waals surface area contributed by atoms with Crippen LogP contribution in [0.5, 0.6) is 0 Å². The van der Waals surface area contributed by atoms with Crippen molar-refractivity contribution in [2.45, 2.75) is 32.5 Å². The van der Waals surface area contributed by atoms with Gasteiger partial charge in [-0.25, -0.2) is 0 Å². The predicted octanol–water partition coefficient (Wildman–Crippen LogP) is 2.78. The molecule has 0 saturated carbocycles. The maximum Gasteiger partial charge on any atom is 0.0630 e. The van der Waals surface area contributed by atoms with Crippen LogP contribution in [0, 0.1) is 0 Å². The molecule has 108 valence electrons. The normalized spacial score (nSPS) is 13.2. The quantitative estimate of drug-likeness (QED) is 0.794. The molecular formula is C15H25ClN2O. The van der Waals surface area contributed by atoms with Gasteiger partial charge in [0.2, 0.25) is 0 Å². The van der Waals surface area contributed by atoms with Crippen LogP contribution in [0.15, 0.2) is 24.3 Å². The minimum absolute atomic E-state index is 0.353. The van der Waals surface area contributed by atoms with Crippen molar-refractivity contribution >= 4 is 11.6 Å². The van der Waals surface area contributed by atoms with Gasteiger partial charge < -0.3 is 10.1 Å². The van der Waals surface area contributed by atoms with Crippen molar-refractivity contribution in [1.82, 2.24) is 10.2 Å². The highest BCUT2D eigenvalue weighted by molar-refractivity contribution is 6.30. The molecular weight excluding hydrogens is 260 g/mol. The smallest absolute Gasteiger partial charge is 0.0630 e. The molecule has 0 heterocycles. The molecule has 3 nitrogen and oxygen atoms in total. The molecule has 0 aliphatic heterocycles. The van der Waals surface area contributed by atoms with E-state index >= 15 is 0 Å². The highest BCUT2D eigenvalue weighted by atomic mass is 35.5. The van der Waals surface area contributed by atoms with Crippen molar-refractivity contribution in [3.05, 3.63) is 34.9 Å². The molecule has 0 amide bonds. The van der Waals surface area contributed by atoms with Gasteiger partial charge in [-0.2, -0.15) is 0 Å². The molecule has 1 rings (SSSR count). The number of halogens is 1. The monoisotopic (exact) mass is 284 g/mol. The highest BCUT2D eigenvalue weighted by Crippen LogP contribution is 2.13. The van der Waals surface area contributed by atoms with E-state index < -0.39 is 0 Å². The molecule has 0 aromatic heterocycles. The minimum atomic E-state index is 0.353. The Balaban J connectivity index is 2.57. The molecule has 0 radical (unpaired) electrons. The molecule has 0 aliphatic carbocycles. The fraction of sp³-hybridized carbons (Fsp3) is 0.600. The Labute approximate surface area is 121 Å². The maximum absolute atomic E-state index is 6.02. The molecule has 4 heteroatoms. The Morgan fingerprint density at radius 2 is 2.11 bits per heavy atom. The van der Waals surface area contributed by atoms with E-state index in [0.29, 0.717) is 12.1 Å². The fourth-order valence-corrected chi connectivity index (χ4v) is 2.17. The molecule has 0 saturated heterocycles. The van der Waals surface area contributed by atoms with E-state index in [1.54, 1.807) is 7.11 Å². The second-order valence-electron chi connectivity index (χ2n) is 5.22. The van der Waals surface area contributed by atoms with Crippen LogP contribution in [0.4, 0.5) is 0 Å². The van der Waals surface area contributed by atoms with Gasteiger partial charge in [0.25, 0.3) is 0 Å². The van der Waals surface area contributed by atoms with Gasteiger partial charge in [0.05, 0.1) is 6.61 Å². The topological polar surface area (TPSA) is 24.5 Å². The van der Waals surface area contributed by atoms with Crippen molar-refractivity contribution in [3.63, 3.8) is 0 Å². The van der Waals surface area contributed by atoms with Gasteiger partial charge in [0, 0.05) is 37.3 Å². The molecule has 0 spiro atoms. The van der Waals surface area contributed by atoms with Crippen molar-refractivity contribution in [1.29, 1.82) is 0 Å². The lowest BCUT2D eigenvalue weighted by molar-refractivity contribution is 0.100. The van der Waals surface area contributed by atoms with Gasteiger partial charge >= 0.3 is 0 Å². The Bertz CT molecular complexity index is 371. The number of rotatable bonds is 8. The summed E-state index contributed by atoms with van der Waals surface area (Å²) in [7, 11) is 3.86. The van der Waals surface area contributed by atoms with Crippen molar-refractivity contribution in [3.8, 4) is 0 Å². The number of benzene rings is 1. The summed E-state index contributed by atoms with van der Waals surface area (Å²) in [5.41, 5.74) is 1.22. The van der Waals surface area contributed by atoms with E-state index in [0.717, 1.165) is 24.7 Å². The van der Waals surface area contributed by atoms with E-state index in [9.17, 15) is 0 Å². The number of hydrogen-bond acceptors (Lipinski definition) is 3. The predicted molar refractivity (Wildman–Crippen MR) is 81.7 cm³/mol. The van der Waals surface area contributed by atoms with Crippen LogP contribution < -0.4 is 5.32 Å². The van der Waals surface area contributed by atoms with Crippen LogP contribution >= 0.6 is 11.6 Å². The van der Waals surface area contributed by atoms with E-state index in [1.807, 2.05) is 18.2 Å². The molecule has 0 fully saturated rings. The number of ether oxygens (including phenoxy) is 1. The Morgan fingerprint density at radius 1 is 1.37 bits per heavy atom. The summed E-state index contributed by atoms with van der Waals surface area (Å²) in [6.45, 7) is 6.81. The molecule has 19 heavy (non-hydrogen) atoms. The van der Waals surface area contributed by atoms with Crippen molar-refractivity contribution in [2.24, 2.45) is 0 Å². The van der Waals surface area contributed by atoms with Gasteiger partial charge in [-0.1, -0.05) is 37.6 Å². The van der Waals surface area contributed by atoms with E-state index in [-0.39, 0.29) is 0 Å². The lowest BCUT2D eigenvalue weighted by atomic mass is 10.2. The van der Waals surface area contributed by atoms with E-state index in [1.165, 1.54) is 5.56 Å². The van der Waals surface area contributed by atoms with Crippen LogP contribution in [0.1, 0.15) is 19.4 Å². The molecule has 0 bridgehead atoms. The summed E-state index contributed by atoms with van der Waals surface area (Å²) in [4.78, 5) is 2.30. The zero-order valence-electron chi connectivity index (χ0n) is 12.3. The highest BCUT2D eigenvalue weighted by Gasteiger charge is 2.15. The number of nitrogens with one attached hydrogen (secondary N) is 1. The molecule has 1 aromatic carbocycles. The van der Waals surface area contributed by atoms with Gasteiger partial charge in [0.15, 0.2) is 0 Å². The second-order valence-corrected chi connectivity index (χ2v) is 5.65. The van der Waals surface area contributed by atoms with Crippen molar-refractivity contribution in [2.75, 3.05) is 27.3 Å². The standard InChI is InChI=1S/C15H25ClN2O/c1-12(2)17-9-15(11-19-4)18(3)10-13-6-5-7-14(16)8-13/h5-8,12,15,17H,9-11H2,1-4H3. The first-order chi connectivity index (χ1) is 9.02. The van der Waals surface area contributed by atoms with Crippen molar-refractivity contribution < 1.29 is 4.74 Å². The average Bonchev–Trinajstić information content (AvgIpc) is 2.34. The van der Waals surface area contributed by atoms with Gasteiger partial charge in [-0.3, -0.25) is 4.90 Å². The first kappa shape index (κ1) is 16.4. The SMILES string of the molecule is COCC(CNC(C)C)N(C)Cc1cccc(Cl)c1. The summed E-state index contributed by atoms with van der Waals surface area (Å²) >= 11 is 6.02. The van der Waals surface area contributed by atoms with Crippen LogP contribution in [0.25, 0.3) is 0 Å². The number of likely N-dealkylation sites (N-methyl/N-ethyl adjacent to an activating group) is 1. The summed E-state index contributed by atoms with van der Waals surface area (Å²) < 4.78 is 5.31. The molecule has 1 N–H and O–H groups in total. The maximum atomic E-state index is 6.02. The summed E-state index contributed by atoms with van der Waals surface area (Å²) in [5, 5.41) is 4.25. The second kappa shape index (κ2) is 8.54. The van der Waals surface area contributed by atoms with Gasteiger partial charge in [0.1, 0.15) is 0 Å². The number of nitrogens with zero attached hydrogens (tertiary/aromatic N) is 1. The third kappa shape index (κ3) is 6.39. The van der Waals surface area contributed by atoms with Crippen LogP contribution in [0.3, 0.4) is 0 Å². The number of hydrogen-bond donors (Lipinski definition) is 1. The minimum Gasteiger partial charge on any atom is -0.383 e. The average molecular weight is 285 g/mol. The third-order valence-electron chi connectivity index (χ3n) is 3.07. The zero-order valence-corrected chi connectivity index (χ0v) is 13.1. The zero-order chi connectivity index (χ0) is 14.3. The third-order valence-corrected chi connectivity index (χ3v) is 3.30. The summed E-state index contributed by atoms with van der Waals surface area (Å²) in [6, 6.07) is 8.84. The Hall–Kier alpha value is -0.610. The van der Waals surface area contributed by atoms with Crippen LogP contribution in [-0.4, -0.2) is 44.3 Å². The largest absolute Gasteiger partial charge is 0.383 e. The van der Waals surface area contributed by atoms with Crippen LogP contribution in [0.2, 0.25) is 5.02 Å². The lowest BCUT2D eigenvalue weighted by Crippen LogP contribution is -2.44.